The third-order valence-corrected chi connectivity index (χ3v) is 4.82. The van der Waals surface area contributed by atoms with Crippen LogP contribution in [-0.2, 0) is 6.42 Å². The van der Waals surface area contributed by atoms with Gasteiger partial charge in [-0.2, -0.15) is 0 Å². The van der Waals surface area contributed by atoms with Gasteiger partial charge in [0.15, 0.2) is 23.0 Å². The number of fused-ring (bicyclic) bond motifs is 1. The Bertz CT molecular complexity index is 780. The van der Waals surface area contributed by atoms with Gasteiger partial charge in [0.1, 0.15) is 6.04 Å². The quantitative estimate of drug-likeness (QED) is 0.779. The number of hydrogen-bond donors (Lipinski definition) is 2. The summed E-state index contributed by atoms with van der Waals surface area (Å²) in [5.41, 5.74) is 3.44. The predicted octanol–water partition coefficient (Wildman–Crippen LogP) is 2.42. The van der Waals surface area contributed by atoms with E-state index >= 15 is 0 Å². The lowest BCUT2D eigenvalue weighted by molar-refractivity contribution is -0.690. The molecule has 0 radical (unpaired) electrons. The monoisotopic (exact) mass is 374 g/mol. The molecule has 3 N–H and O–H groups in total. The minimum atomic E-state index is 0.0153. The van der Waals surface area contributed by atoms with E-state index in [2.05, 4.69) is 17.4 Å². The Kier molecular flexibility index (Phi) is 5.96. The van der Waals surface area contributed by atoms with Crippen molar-refractivity contribution in [1.82, 2.24) is 0 Å². The van der Waals surface area contributed by atoms with Crippen molar-refractivity contribution in [1.29, 1.82) is 0 Å². The fourth-order valence-electron chi connectivity index (χ4n) is 3.60. The number of rotatable bonds is 7. The molecule has 3 rings (SSSR count). The number of phenols is 1. The molecule has 0 saturated carbocycles. The molecular formula is C21H28NO5+. The standard InChI is InChI=1S/C21H27NO5/c1-5-26-16-9-13-7-8-22-20(15(13)12-17(16)27-6-2)14-10-18(24-3)21(23)19(11-14)25-4/h9-12,20,22-23H,5-8H2,1-4H3/p+1/t20-/m1/s1. The molecule has 1 heterocycles. The summed E-state index contributed by atoms with van der Waals surface area (Å²) in [6.45, 7) is 6.08. The van der Waals surface area contributed by atoms with E-state index in [4.69, 9.17) is 18.9 Å². The fraction of sp³-hybridized carbons (Fsp3) is 0.429. The number of hydrogen-bond acceptors (Lipinski definition) is 5. The summed E-state index contributed by atoms with van der Waals surface area (Å²) in [5, 5.41) is 12.5. The van der Waals surface area contributed by atoms with Gasteiger partial charge in [-0.1, -0.05) is 0 Å². The number of aromatic hydroxyl groups is 1. The maximum Gasteiger partial charge on any atom is 0.200 e. The number of benzene rings is 2. The molecule has 0 fully saturated rings. The summed E-state index contributed by atoms with van der Waals surface area (Å²) in [6, 6.07) is 7.97. The van der Waals surface area contributed by atoms with Crippen LogP contribution in [0.2, 0.25) is 0 Å². The first-order valence-electron chi connectivity index (χ1n) is 9.33. The van der Waals surface area contributed by atoms with Gasteiger partial charge in [0.2, 0.25) is 5.75 Å². The first-order valence-corrected chi connectivity index (χ1v) is 9.33. The van der Waals surface area contributed by atoms with Gasteiger partial charge in [0.25, 0.3) is 0 Å². The largest absolute Gasteiger partial charge is 0.502 e. The third kappa shape index (κ3) is 3.76. The highest BCUT2D eigenvalue weighted by Crippen LogP contribution is 2.41. The lowest BCUT2D eigenvalue weighted by Gasteiger charge is -2.26. The highest BCUT2D eigenvalue weighted by atomic mass is 16.5. The number of ether oxygens (including phenoxy) is 4. The molecule has 2 aromatic carbocycles. The van der Waals surface area contributed by atoms with E-state index in [1.165, 1.54) is 11.1 Å². The van der Waals surface area contributed by atoms with Gasteiger partial charge in [-0.3, -0.25) is 0 Å². The van der Waals surface area contributed by atoms with E-state index in [1.54, 1.807) is 14.2 Å². The summed E-state index contributed by atoms with van der Waals surface area (Å²) in [4.78, 5) is 0. The average molecular weight is 374 g/mol. The fourth-order valence-corrected chi connectivity index (χ4v) is 3.60. The first-order chi connectivity index (χ1) is 13.1. The smallest absolute Gasteiger partial charge is 0.200 e. The molecular weight excluding hydrogens is 346 g/mol. The second kappa shape index (κ2) is 8.39. The van der Waals surface area contributed by atoms with Gasteiger partial charge >= 0.3 is 0 Å². The van der Waals surface area contributed by atoms with Crippen molar-refractivity contribution in [2.45, 2.75) is 26.3 Å². The van der Waals surface area contributed by atoms with E-state index in [9.17, 15) is 5.11 Å². The summed E-state index contributed by atoms with van der Waals surface area (Å²) in [6.07, 6.45) is 0.963. The lowest BCUT2D eigenvalue weighted by Crippen LogP contribution is -2.87. The average Bonchev–Trinajstić information content (AvgIpc) is 2.68. The third-order valence-electron chi connectivity index (χ3n) is 4.82. The number of quaternary nitrogens is 1. The molecule has 0 unspecified atom stereocenters. The van der Waals surface area contributed by atoms with Crippen LogP contribution in [0.3, 0.4) is 0 Å². The molecule has 1 aliphatic rings. The molecule has 6 nitrogen and oxygen atoms in total. The zero-order valence-electron chi connectivity index (χ0n) is 16.4. The van der Waals surface area contributed by atoms with Gasteiger partial charge in [-0.15, -0.1) is 0 Å². The summed E-state index contributed by atoms with van der Waals surface area (Å²) in [5.74, 6) is 2.37. The molecule has 1 aliphatic heterocycles. The van der Waals surface area contributed by atoms with Crippen LogP contribution >= 0.6 is 0 Å². The molecule has 1 atom stereocenters. The van der Waals surface area contributed by atoms with E-state index < -0.39 is 0 Å². The minimum absolute atomic E-state index is 0.0153. The molecule has 146 valence electrons. The van der Waals surface area contributed by atoms with Crippen molar-refractivity contribution in [3.63, 3.8) is 0 Å². The van der Waals surface area contributed by atoms with Gasteiger partial charge < -0.3 is 29.4 Å². The van der Waals surface area contributed by atoms with E-state index in [1.807, 2.05) is 26.0 Å². The number of methoxy groups -OCH3 is 2. The Morgan fingerprint density at radius 3 is 2.07 bits per heavy atom. The zero-order valence-corrected chi connectivity index (χ0v) is 16.4. The molecule has 0 spiro atoms. The molecule has 0 aliphatic carbocycles. The van der Waals surface area contributed by atoms with Crippen molar-refractivity contribution in [2.24, 2.45) is 0 Å². The normalized spacial score (nSPS) is 15.8. The lowest BCUT2D eigenvalue weighted by atomic mass is 9.89. The van der Waals surface area contributed by atoms with Gasteiger partial charge in [0, 0.05) is 17.5 Å². The Balaban J connectivity index is 2.09. The predicted molar refractivity (Wildman–Crippen MR) is 102 cm³/mol. The number of nitrogens with two attached hydrogens (primary N) is 1. The van der Waals surface area contributed by atoms with E-state index in [0.29, 0.717) is 24.7 Å². The number of phenolic OH excluding ortho intramolecular Hbond substituents is 1. The van der Waals surface area contributed by atoms with Crippen LogP contribution < -0.4 is 24.3 Å². The van der Waals surface area contributed by atoms with Gasteiger partial charge in [-0.25, -0.2) is 0 Å². The molecule has 0 saturated heterocycles. The van der Waals surface area contributed by atoms with Crippen molar-refractivity contribution >= 4 is 0 Å². The zero-order chi connectivity index (χ0) is 19.4. The Morgan fingerprint density at radius 2 is 1.52 bits per heavy atom. The van der Waals surface area contributed by atoms with Crippen LogP contribution in [0.1, 0.15) is 36.6 Å². The van der Waals surface area contributed by atoms with E-state index in [-0.39, 0.29) is 11.8 Å². The Morgan fingerprint density at radius 1 is 0.926 bits per heavy atom. The van der Waals surface area contributed by atoms with E-state index in [0.717, 1.165) is 30.0 Å². The van der Waals surface area contributed by atoms with Crippen LogP contribution in [0.15, 0.2) is 24.3 Å². The highest BCUT2D eigenvalue weighted by molar-refractivity contribution is 5.56. The SMILES string of the molecule is CCOc1cc2c(cc1OCC)[C@@H](c1cc(OC)c(O)c(OC)c1)[NH2+]CC2. The van der Waals surface area contributed by atoms with Gasteiger partial charge in [0.05, 0.1) is 34.0 Å². The maximum absolute atomic E-state index is 10.2. The second-order valence-corrected chi connectivity index (χ2v) is 6.39. The van der Waals surface area contributed by atoms with Crippen LogP contribution in [0.5, 0.6) is 28.7 Å². The molecule has 0 bridgehead atoms. The molecule has 27 heavy (non-hydrogen) atoms. The van der Waals surface area contributed by atoms with Crippen LogP contribution in [0, 0.1) is 0 Å². The van der Waals surface area contributed by atoms with Gasteiger partial charge in [-0.05, 0) is 43.7 Å². The Hall–Kier alpha value is -2.60. The van der Waals surface area contributed by atoms with Crippen LogP contribution in [0.25, 0.3) is 0 Å². The van der Waals surface area contributed by atoms with Crippen LogP contribution in [-0.4, -0.2) is 39.1 Å². The molecule has 0 aromatic heterocycles. The minimum Gasteiger partial charge on any atom is -0.502 e. The summed E-state index contributed by atoms with van der Waals surface area (Å²) >= 11 is 0. The van der Waals surface area contributed by atoms with Crippen molar-refractivity contribution in [3.8, 4) is 28.7 Å². The summed E-state index contributed by atoms with van der Waals surface area (Å²) < 4.78 is 22.3. The van der Waals surface area contributed by atoms with Crippen molar-refractivity contribution < 1.29 is 29.4 Å². The highest BCUT2D eigenvalue weighted by Gasteiger charge is 2.29. The summed E-state index contributed by atoms with van der Waals surface area (Å²) in [7, 11) is 3.08. The topological polar surface area (TPSA) is 73.8 Å². The maximum atomic E-state index is 10.2. The van der Waals surface area contributed by atoms with Crippen molar-refractivity contribution in [2.75, 3.05) is 34.0 Å². The Labute approximate surface area is 160 Å². The van der Waals surface area contributed by atoms with Crippen LogP contribution in [0.4, 0.5) is 0 Å². The molecule has 6 heteroatoms. The first kappa shape index (κ1) is 19.2. The second-order valence-electron chi connectivity index (χ2n) is 6.39. The molecule has 0 amide bonds. The molecule has 2 aromatic rings. The van der Waals surface area contributed by atoms with Crippen molar-refractivity contribution in [3.05, 3.63) is 41.0 Å².